The summed E-state index contributed by atoms with van der Waals surface area (Å²) in [4.78, 5) is 0. The quantitative estimate of drug-likeness (QED) is 0.781. The Hall–Kier alpha value is -0.420. The van der Waals surface area contributed by atoms with Gasteiger partial charge in [0.05, 0.1) is 24.9 Å². The van der Waals surface area contributed by atoms with Crippen LogP contribution in [0, 0.1) is 0 Å². The lowest BCUT2D eigenvalue weighted by Crippen LogP contribution is -2.35. The second-order valence-electron chi connectivity index (χ2n) is 5.35. The maximum atomic E-state index is 5.92. The van der Waals surface area contributed by atoms with Crippen molar-refractivity contribution in [2.75, 3.05) is 19.7 Å². The SMILES string of the molecule is CC1CC(OCCNCCc2ccsc2)CC(C)O1. The van der Waals surface area contributed by atoms with Crippen molar-refractivity contribution >= 4 is 11.3 Å². The average Bonchev–Trinajstić information content (AvgIpc) is 2.85. The van der Waals surface area contributed by atoms with Crippen molar-refractivity contribution < 1.29 is 9.47 Å². The van der Waals surface area contributed by atoms with Crippen LogP contribution >= 0.6 is 11.3 Å². The summed E-state index contributed by atoms with van der Waals surface area (Å²) in [6.07, 6.45) is 4.20. The van der Waals surface area contributed by atoms with E-state index in [2.05, 4.69) is 36.0 Å². The van der Waals surface area contributed by atoms with E-state index in [0.717, 1.165) is 39.0 Å². The van der Waals surface area contributed by atoms with Crippen LogP contribution in [-0.4, -0.2) is 38.0 Å². The van der Waals surface area contributed by atoms with Gasteiger partial charge >= 0.3 is 0 Å². The number of hydrogen-bond acceptors (Lipinski definition) is 4. The second-order valence-corrected chi connectivity index (χ2v) is 6.13. The van der Waals surface area contributed by atoms with Crippen LogP contribution in [-0.2, 0) is 15.9 Å². The van der Waals surface area contributed by atoms with Gasteiger partial charge in [-0.25, -0.2) is 0 Å². The van der Waals surface area contributed by atoms with E-state index in [1.165, 1.54) is 5.56 Å². The highest BCUT2D eigenvalue weighted by atomic mass is 32.1. The minimum Gasteiger partial charge on any atom is -0.377 e. The maximum Gasteiger partial charge on any atom is 0.0625 e. The van der Waals surface area contributed by atoms with E-state index >= 15 is 0 Å². The molecule has 2 rings (SSSR count). The summed E-state index contributed by atoms with van der Waals surface area (Å²) >= 11 is 1.76. The molecule has 0 aromatic carbocycles. The lowest BCUT2D eigenvalue weighted by atomic mass is 10.0. The Morgan fingerprint density at radius 3 is 2.79 bits per heavy atom. The van der Waals surface area contributed by atoms with Crippen molar-refractivity contribution in [3.8, 4) is 0 Å². The Kier molecular flexibility index (Phi) is 6.31. The second kappa shape index (κ2) is 8.00. The summed E-state index contributed by atoms with van der Waals surface area (Å²) in [5.74, 6) is 0. The first-order valence-corrected chi connectivity index (χ1v) is 8.17. The number of thiophene rings is 1. The smallest absolute Gasteiger partial charge is 0.0625 e. The van der Waals surface area contributed by atoms with Gasteiger partial charge in [0, 0.05) is 6.54 Å². The number of hydrogen-bond donors (Lipinski definition) is 1. The van der Waals surface area contributed by atoms with Gasteiger partial charge in [0.15, 0.2) is 0 Å². The zero-order valence-corrected chi connectivity index (χ0v) is 12.7. The fraction of sp³-hybridized carbons (Fsp3) is 0.733. The minimum atomic E-state index is 0.334. The third-order valence-electron chi connectivity index (χ3n) is 3.46. The molecule has 1 fully saturated rings. The highest BCUT2D eigenvalue weighted by molar-refractivity contribution is 7.07. The van der Waals surface area contributed by atoms with Crippen LogP contribution in [0.5, 0.6) is 0 Å². The largest absolute Gasteiger partial charge is 0.377 e. The van der Waals surface area contributed by atoms with Crippen molar-refractivity contribution in [1.82, 2.24) is 5.32 Å². The molecule has 1 aliphatic heterocycles. The summed E-state index contributed by atoms with van der Waals surface area (Å²) in [7, 11) is 0. The van der Waals surface area contributed by atoms with Gasteiger partial charge in [-0.3, -0.25) is 0 Å². The van der Waals surface area contributed by atoms with E-state index in [-0.39, 0.29) is 0 Å². The van der Waals surface area contributed by atoms with Crippen LogP contribution < -0.4 is 5.32 Å². The van der Waals surface area contributed by atoms with Gasteiger partial charge in [0.25, 0.3) is 0 Å². The molecule has 1 aliphatic rings. The highest BCUT2D eigenvalue weighted by Crippen LogP contribution is 2.21. The van der Waals surface area contributed by atoms with E-state index < -0.39 is 0 Å². The van der Waals surface area contributed by atoms with Gasteiger partial charge in [0.2, 0.25) is 0 Å². The van der Waals surface area contributed by atoms with Crippen LogP contribution in [0.1, 0.15) is 32.3 Å². The minimum absolute atomic E-state index is 0.334. The highest BCUT2D eigenvalue weighted by Gasteiger charge is 2.24. The first-order valence-electron chi connectivity index (χ1n) is 7.23. The van der Waals surface area contributed by atoms with E-state index in [1.54, 1.807) is 11.3 Å². The number of rotatable bonds is 7. The molecule has 1 aromatic heterocycles. The first kappa shape index (κ1) is 15.0. The standard InChI is InChI=1S/C15H25NO2S/c1-12-9-15(10-13(2)18-12)17-7-6-16-5-3-14-4-8-19-11-14/h4,8,11-13,15-16H,3,5-7,9-10H2,1-2H3. The summed E-state index contributed by atoms with van der Waals surface area (Å²) in [6.45, 7) is 7.02. The Balaban J connectivity index is 1.49. The predicted molar refractivity (Wildman–Crippen MR) is 79.9 cm³/mol. The van der Waals surface area contributed by atoms with Gasteiger partial charge in [-0.2, -0.15) is 11.3 Å². The molecule has 2 atom stereocenters. The van der Waals surface area contributed by atoms with Crippen molar-refractivity contribution in [1.29, 1.82) is 0 Å². The fourth-order valence-corrected chi connectivity index (χ4v) is 3.27. The van der Waals surface area contributed by atoms with Gasteiger partial charge in [0.1, 0.15) is 0 Å². The summed E-state index contributed by atoms with van der Waals surface area (Å²) < 4.78 is 11.6. The molecule has 3 nitrogen and oxygen atoms in total. The summed E-state index contributed by atoms with van der Waals surface area (Å²) in [5, 5.41) is 7.78. The van der Waals surface area contributed by atoms with E-state index in [9.17, 15) is 0 Å². The Morgan fingerprint density at radius 2 is 2.11 bits per heavy atom. The molecule has 0 bridgehead atoms. The maximum absolute atomic E-state index is 5.92. The molecule has 0 amide bonds. The van der Waals surface area contributed by atoms with Crippen molar-refractivity contribution in [2.24, 2.45) is 0 Å². The Bertz CT molecular complexity index is 332. The molecule has 1 N–H and O–H groups in total. The zero-order chi connectivity index (χ0) is 13.5. The lowest BCUT2D eigenvalue weighted by molar-refractivity contribution is -0.101. The van der Waals surface area contributed by atoms with Gasteiger partial charge in [-0.15, -0.1) is 0 Å². The predicted octanol–water partition coefficient (Wildman–Crippen LogP) is 2.85. The first-order chi connectivity index (χ1) is 9.24. The van der Waals surface area contributed by atoms with E-state index in [1.807, 2.05) is 0 Å². The molecule has 1 saturated heterocycles. The molecular weight excluding hydrogens is 258 g/mol. The molecule has 2 unspecified atom stereocenters. The van der Waals surface area contributed by atoms with E-state index in [4.69, 9.17) is 9.47 Å². The average molecular weight is 283 g/mol. The van der Waals surface area contributed by atoms with Gasteiger partial charge < -0.3 is 14.8 Å². The third-order valence-corrected chi connectivity index (χ3v) is 4.19. The zero-order valence-electron chi connectivity index (χ0n) is 11.9. The summed E-state index contributed by atoms with van der Waals surface area (Å²) in [5.41, 5.74) is 1.42. The number of nitrogens with one attached hydrogen (secondary N) is 1. The molecule has 0 spiro atoms. The van der Waals surface area contributed by atoms with Crippen LogP contribution in [0.15, 0.2) is 16.8 Å². The van der Waals surface area contributed by atoms with Crippen molar-refractivity contribution in [3.63, 3.8) is 0 Å². The molecule has 1 aromatic rings. The Morgan fingerprint density at radius 1 is 1.32 bits per heavy atom. The van der Waals surface area contributed by atoms with Crippen LogP contribution in [0.25, 0.3) is 0 Å². The molecule has 0 aliphatic carbocycles. The monoisotopic (exact) mass is 283 g/mol. The molecule has 2 heterocycles. The molecule has 0 radical (unpaired) electrons. The Labute approximate surface area is 120 Å². The van der Waals surface area contributed by atoms with Crippen LogP contribution in [0.3, 0.4) is 0 Å². The number of ether oxygens (including phenoxy) is 2. The molecular formula is C15H25NO2S. The normalized spacial score (nSPS) is 27.6. The van der Waals surface area contributed by atoms with Gasteiger partial charge in [-0.1, -0.05) is 0 Å². The van der Waals surface area contributed by atoms with E-state index in [0.29, 0.717) is 18.3 Å². The summed E-state index contributed by atoms with van der Waals surface area (Å²) in [6, 6.07) is 2.19. The molecule has 19 heavy (non-hydrogen) atoms. The van der Waals surface area contributed by atoms with Crippen LogP contribution in [0.2, 0.25) is 0 Å². The van der Waals surface area contributed by atoms with Crippen molar-refractivity contribution in [3.05, 3.63) is 22.4 Å². The molecule has 4 heteroatoms. The fourth-order valence-electron chi connectivity index (χ4n) is 2.57. The molecule has 0 saturated carbocycles. The third kappa shape index (κ3) is 5.61. The van der Waals surface area contributed by atoms with Crippen molar-refractivity contribution in [2.45, 2.75) is 51.4 Å². The van der Waals surface area contributed by atoms with Crippen LogP contribution in [0.4, 0.5) is 0 Å². The molecule has 108 valence electrons. The van der Waals surface area contributed by atoms with Gasteiger partial charge in [-0.05, 0) is 62.0 Å². The topological polar surface area (TPSA) is 30.5 Å². The lowest BCUT2D eigenvalue weighted by Gasteiger charge is -2.32.